The molecule has 3 aromatic rings. The highest BCUT2D eigenvalue weighted by molar-refractivity contribution is 8.00. The Hall–Kier alpha value is -2.16. The number of nitrogens with zero attached hydrogens (tertiary/aromatic N) is 4. The second kappa shape index (κ2) is 6.99. The van der Waals surface area contributed by atoms with Gasteiger partial charge >= 0.3 is 5.97 Å². The molecule has 0 aliphatic carbocycles. The summed E-state index contributed by atoms with van der Waals surface area (Å²) in [5.41, 5.74) is 1.49. The van der Waals surface area contributed by atoms with Crippen molar-refractivity contribution >= 4 is 40.5 Å². The number of carbonyl (C=O) groups excluding carboxylic acids is 1. The molecule has 7 nitrogen and oxygen atoms in total. The first-order chi connectivity index (χ1) is 12.2. The van der Waals surface area contributed by atoms with Crippen LogP contribution in [0.25, 0.3) is 11.2 Å². The lowest BCUT2D eigenvalue weighted by Crippen LogP contribution is -2.15. The predicted molar refractivity (Wildman–Crippen MR) is 93.4 cm³/mol. The summed E-state index contributed by atoms with van der Waals surface area (Å²) in [6.07, 6.45) is 3.08. The maximum atomic E-state index is 12.0. The molecule has 4 rings (SSSR count). The number of ether oxygens (including phenoxy) is 2. The van der Waals surface area contributed by atoms with Crippen molar-refractivity contribution in [3.05, 3.63) is 53.7 Å². The maximum Gasteiger partial charge on any atom is 0.338 e. The van der Waals surface area contributed by atoms with Crippen molar-refractivity contribution in [2.24, 2.45) is 0 Å². The number of carbonyl (C=O) groups is 1. The normalized spacial score (nSPS) is 20.0. The van der Waals surface area contributed by atoms with Gasteiger partial charge in [-0.2, -0.15) is 0 Å². The van der Waals surface area contributed by atoms with Gasteiger partial charge in [0.1, 0.15) is 29.3 Å². The molecule has 128 valence electrons. The summed E-state index contributed by atoms with van der Waals surface area (Å²) in [6, 6.07) is 8.88. The van der Waals surface area contributed by atoms with Gasteiger partial charge in [-0.1, -0.05) is 41.6 Å². The van der Waals surface area contributed by atoms with Gasteiger partial charge in [0, 0.05) is 0 Å². The summed E-state index contributed by atoms with van der Waals surface area (Å²) in [5, 5.41) is 0.303. The van der Waals surface area contributed by atoms with Crippen LogP contribution >= 0.6 is 23.4 Å². The number of imidazole rings is 1. The fourth-order valence-electron chi connectivity index (χ4n) is 2.51. The molecule has 0 bridgehead atoms. The summed E-state index contributed by atoms with van der Waals surface area (Å²) in [7, 11) is 0. The summed E-state index contributed by atoms with van der Waals surface area (Å²) < 4.78 is 12.9. The van der Waals surface area contributed by atoms with Gasteiger partial charge in [0.05, 0.1) is 18.5 Å². The van der Waals surface area contributed by atoms with Gasteiger partial charge in [-0.25, -0.2) is 19.7 Å². The van der Waals surface area contributed by atoms with E-state index < -0.39 is 0 Å². The van der Waals surface area contributed by atoms with Gasteiger partial charge in [-0.05, 0) is 12.1 Å². The van der Waals surface area contributed by atoms with Crippen LogP contribution in [0.15, 0.2) is 43.0 Å². The summed E-state index contributed by atoms with van der Waals surface area (Å²) in [6.45, 7) is 0.641. The largest absolute Gasteiger partial charge is 0.458 e. The van der Waals surface area contributed by atoms with Crippen molar-refractivity contribution < 1.29 is 14.3 Å². The van der Waals surface area contributed by atoms with Gasteiger partial charge in [0.2, 0.25) is 0 Å². The molecule has 25 heavy (non-hydrogen) atoms. The number of halogens is 1. The first kappa shape index (κ1) is 16.3. The van der Waals surface area contributed by atoms with Crippen LogP contribution in [0.1, 0.15) is 15.7 Å². The number of benzene rings is 1. The van der Waals surface area contributed by atoms with Gasteiger partial charge in [0.25, 0.3) is 0 Å². The lowest BCUT2D eigenvalue weighted by atomic mass is 10.2. The zero-order valence-electron chi connectivity index (χ0n) is 12.9. The molecular weight excluding hydrogens is 364 g/mol. The zero-order chi connectivity index (χ0) is 17.2. The molecule has 1 aromatic carbocycles. The second-order valence-corrected chi connectivity index (χ2v) is 7.01. The zero-order valence-corrected chi connectivity index (χ0v) is 14.5. The monoisotopic (exact) mass is 376 g/mol. The van der Waals surface area contributed by atoms with E-state index in [1.807, 2.05) is 10.6 Å². The minimum Gasteiger partial charge on any atom is -0.458 e. The van der Waals surface area contributed by atoms with E-state index in [2.05, 4.69) is 15.0 Å². The standard InChI is InChI=1S/C16H13ClN4O3S/c17-14-13-15(19-8-18-14)21(9-20-13)11-6-23-12(25-11)7-24-16(22)10-4-2-1-3-5-10/h1-5,8-9,11-12H,6-7H2/t11-,12+/m1/s1. The van der Waals surface area contributed by atoms with E-state index in [1.165, 1.54) is 6.33 Å². The van der Waals surface area contributed by atoms with Crippen LogP contribution in [0.5, 0.6) is 0 Å². The molecular formula is C16H13ClN4O3S. The Bertz CT molecular complexity index is 905. The van der Waals surface area contributed by atoms with Gasteiger partial charge in [0.15, 0.2) is 10.8 Å². The van der Waals surface area contributed by atoms with Crippen molar-refractivity contribution in [3.8, 4) is 0 Å². The smallest absolute Gasteiger partial charge is 0.338 e. The SMILES string of the molecule is O=C(OC[C@H]1OC[C@H](n2cnc3c(Cl)ncnc32)S1)c1ccccc1. The van der Waals surface area contributed by atoms with Crippen LogP contribution in [0.4, 0.5) is 0 Å². The molecule has 0 radical (unpaired) electrons. The van der Waals surface area contributed by atoms with E-state index in [9.17, 15) is 4.79 Å². The van der Waals surface area contributed by atoms with Crippen molar-refractivity contribution in [1.29, 1.82) is 0 Å². The number of esters is 1. The Morgan fingerprint density at radius 2 is 2.16 bits per heavy atom. The highest BCUT2D eigenvalue weighted by Crippen LogP contribution is 2.37. The number of hydrogen-bond donors (Lipinski definition) is 0. The second-order valence-electron chi connectivity index (χ2n) is 5.31. The quantitative estimate of drug-likeness (QED) is 0.511. The van der Waals surface area contributed by atoms with Crippen molar-refractivity contribution in [2.75, 3.05) is 13.2 Å². The lowest BCUT2D eigenvalue weighted by molar-refractivity contribution is 0.0274. The van der Waals surface area contributed by atoms with Crippen LogP contribution < -0.4 is 0 Å². The highest BCUT2D eigenvalue weighted by atomic mass is 35.5. The van der Waals surface area contributed by atoms with Crippen LogP contribution in [-0.4, -0.2) is 44.1 Å². The number of thioether (sulfide) groups is 1. The Morgan fingerprint density at radius 3 is 3.00 bits per heavy atom. The molecule has 9 heteroatoms. The molecule has 1 aliphatic heterocycles. The van der Waals surface area contributed by atoms with Crippen molar-refractivity contribution in [1.82, 2.24) is 19.5 Å². The molecule has 0 N–H and O–H groups in total. The first-order valence-electron chi connectivity index (χ1n) is 7.54. The first-order valence-corrected chi connectivity index (χ1v) is 8.87. The van der Waals surface area contributed by atoms with E-state index in [4.69, 9.17) is 21.1 Å². The van der Waals surface area contributed by atoms with E-state index in [0.717, 1.165) is 0 Å². The maximum absolute atomic E-state index is 12.0. The van der Waals surface area contributed by atoms with Crippen LogP contribution in [0.2, 0.25) is 5.15 Å². The summed E-state index contributed by atoms with van der Waals surface area (Å²) >= 11 is 7.57. The number of fused-ring (bicyclic) bond motifs is 1. The minimum absolute atomic E-state index is 0.0172. The molecule has 0 unspecified atom stereocenters. The van der Waals surface area contributed by atoms with Crippen LogP contribution in [-0.2, 0) is 9.47 Å². The van der Waals surface area contributed by atoms with Gasteiger partial charge < -0.3 is 9.47 Å². The van der Waals surface area contributed by atoms with E-state index in [-0.39, 0.29) is 23.4 Å². The van der Waals surface area contributed by atoms with Crippen molar-refractivity contribution in [3.63, 3.8) is 0 Å². The van der Waals surface area contributed by atoms with Gasteiger partial charge in [-0.3, -0.25) is 4.57 Å². The lowest BCUT2D eigenvalue weighted by Gasteiger charge is -2.11. The van der Waals surface area contributed by atoms with Crippen LogP contribution in [0, 0.1) is 0 Å². The molecule has 0 saturated carbocycles. The Balaban J connectivity index is 1.40. The molecule has 1 aliphatic rings. The predicted octanol–water partition coefficient (Wildman–Crippen LogP) is 2.92. The minimum atomic E-state index is -0.360. The van der Waals surface area contributed by atoms with Gasteiger partial charge in [-0.15, -0.1) is 0 Å². The topological polar surface area (TPSA) is 79.1 Å². The molecule has 0 amide bonds. The fraction of sp³-hybridized carbons (Fsp3) is 0.250. The molecule has 1 saturated heterocycles. The third kappa shape index (κ3) is 3.33. The van der Waals surface area contributed by atoms with E-state index >= 15 is 0 Å². The highest BCUT2D eigenvalue weighted by Gasteiger charge is 2.30. The Morgan fingerprint density at radius 1 is 1.32 bits per heavy atom. The summed E-state index contributed by atoms with van der Waals surface area (Å²) in [5.74, 6) is -0.360. The van der Waals surface area contributed by atoms with Crippen LogP contribution in [0.3, 0.4) is 0 Å². The molecule has 2 atom stereocenters. The number of aromatic nitrogens is 4. The van der Waals surface area contributed by atoms with Crippen molar-refractivity contribution in [2.45, 2.75) is 10.8 Å². The average Bonchev–Trinajstić information content (AvgIpc) is 3.27. The third-order valence-corrected chi connectivity index (χ3v) is 5.25. The molecule has 0 spiro atoms. The molecule has 1 fully saturated rings. The van der Waals surface area contributed by atoms with E-state index in [0.29, 0.717) is 28.5 Å². The Kier molecular flexibility index (Phi) is 4.56. The van der Waals surface area contributed by atoms with E-state index in [1.54, 1.807) is 42.4 Å². The summed E-state index contributed by atoms with van der Waals surface area (Å²) in [4.78, 5) is 24.4. The number of hydrogen-bond acceptors (Lipinski definition) is 7. The molecule has 2 aromatic heterocycles. The number of rotatable bonds is 4. The Labute approximate surface area is 152 Å². The average molecular weight is 377 g/mol. The third-order valence-electron chi connectivity index (χ3n) is 3.72. The molecule has 3 heterocycles. The fourth-order valence-corrected chi connectivity index (χ4v) is 3.79.